The standard InChI is InChI=1S/C21H19ClN2O5/c1-12-18(24-20(28-12)14-7-5-4-6-8-14)21(26)29-13(2)19(25)23-15-9-10-17(27-3)16(22)11-15/h4-11,13H,1-3H3,(H,23,25)/t13-/m0/s1. The number of anilines is 1. The normalized spacial score (nSPS) is 11.6. The van der Waals surface area contributed by atoms with E-state index in [2.05, 4.69) is 10.3 Å². The molecule has 2 aromatic carbocycles. The Labute approximate surface area is 172 Å². The summed E-state index contributed by atoms with van der Waals surface area (Å²) in [6.45, 7) is 3.08. The van der Waals surface area contributed by atoms with Crippen LogP contribution in [0, 0.1) is 6.92 Å². The molecule has 0 saturated carbocycles. The number of rotatable bonds is 6. The van der Waals surface area contributed by atoms with Crippen molar-refractivity contribution < 1.29 is 23.5 Å². The minimum Gasteiger partial charge on any atom is -0.495 e. The molecule has 0 spiro atoms. The molecule has 1 aromatic heterocycles. The van der Waals surface area contributed by atoms with Gasteiger partial charge in [-0.05, 0) is 44.2 Å². The molecule has 0 aliphatic carbocycles. The van der Waals surface area contributed by atoms with Crippen LogP contribution in [0.2, 0.25) is 5.02 Å². The van der Waals surface area contributed by atoms with Crippen molar-refractivity contribution in [2.75, 3.05) is 12.4 Å². The van der Waals surface area contributed by atoms with Crippen molar-refractivity contribution in [3.63, 3.8) is 0 Å². The first-order valence-electron chi connectivity index (χ1n) is 8.77. The molecule has 0 saturated heterocycles. The first-order chi connectivity index (χ1) is 13.9. The highest BCUT2D eigenvalue weighted by Crippen LogP contribution is 2.27. The van der Waals surface area contributed by atoms with Gasteiger partial charge in [0.2, 0.25) is 5.89 Å². The molecule has 1 amide bonds. The van der Waals surface area contributed by atoms with E-state index in [1.165, 1.54) is 14.0 Å². The number of aryl methyl sites for hydroxylation is 1. The molecule has 8 heteroatoms. The molecule has 0 radical (unpaired) electrons. The van der Waals surface area contributed by atoms with Gasteiger partial charge < -0.3 is 19.2 Å². The molecule has 1 atom stereocenters. The maximum atomic E-state index is 12.5. The van der Waals surface area contributed by atoms with Gasteiger partial charge in [0.1, 0.15) is 11.5 Å². The number of benzene rings is 2. The highest BCUT2D eigenvalue weighted by Gasteiger charge is 2.24. The SMILES string of the molecule is COc1ccc(NC(=O)[C@H](C)OC(=O)c2nc(-c3ccccc3)oc2C)cc1Cl. The van der Waals surface area contributed by atoms with Crippen LogP contribution >= 0.6 is 11.6 Å². The topological polar surface area (TPSA) is 90.7 Å². The molecule has 0 aliphatic heterocycles. The van der Waals surface area contributed by atoms with Gasteiger partial charge in [0.25, 0.3) is 5.91 Å². The average molecular weight is 415 g/mol. The first-order valence-corrected chi connectivity index (χ1v) is 9.15. The summed E-state index contributed by atoms with van der Waals surface area (Å²) in [6.07, 6.45) is -1.06. The summed E-state index contributed by atoms with van der Waals surface area (Å²) in [6, 6.07) is 14.0. The number of esters is 1. The molecule has 1 heterocycles. The molecule has 0 unspecified atom stereocenters. The van der Waals surface area contributed by atoms with E-state index in [-0.39, 0.29) is 5.69 Å². The van der Waals surface area contributed by atoms with Crippen molar-refractivity contribution in [1.29, 1.82) is 0 Å². The van der Waals surface area contributed by atoms with Crippen molar-refractivity contribution in [2.24, 2.45) is 0 Å². The van der Waals surface area contributed by atoms with Crippen molar-refractivity contribution in [1.82, 2.24) is 4.98 Å². The largest absolute Gasteiger partial charge is 0.495 e. The number of nitrogens with zero attached hydrogens (tertiary/aromatic N) is 1. The average Bonchev–Trinajstić information content (AvgIpc) is 3.10. The third-order valence-corrected chi connectivity index (χ3v) is 4.38. The second-order valence-electron chi connectivity index (χ2n) is 6.18. The summed E-state index contributed by atoms with van der Waals surface area (Å²) in [5.41, 5.74) is 1.21. The lowest BCUT2D eigenvalue weighted by molar-refractivity contribution is -0.123. The summed E-state index contributed by atoms with van der Waals surface area (Å²) in [7, 11) is 1.50. The quantitative estimate of drug-likeness (QED) is 0.597. The van der Waals surface area contributed by atoms with Crippen molar-refractivity contribution in [3.8, 4) is 17.2 Å². The predicted octanol–water partition coefficient (Wildman–Crippen LogP) is 4.50. The van der Waals surface area contributed by atoms with Crippen LogP contribution in [0.1, 0.15) is 23.2 Å². The van der Waals surface area contributed by atoms with Gasteiger partial charge in [-0.2, -0.15) is 0 Å². The van der Waals surface area contributed by atoms with Gasteiger partial charge in [-0.25, -0.2) is 9.78 Å². The maximum absolute atomic E-state index is 12.5. The van der Waals surface area contributed by atoms with E-state index in [0.29, 0.717) is 28.1 Å². The van der Waals surface area contributed by atoms with Gasteiger partial charge in [0, 0.05) is 11.3 Å². The lowest BCUT2D eigenvalue weighted by Crippen LogP contribution is -2.30. The fourth-order valence-corrected chi connectivity index (χ4v) is 2.81. The van der Waals surface area contributed by atoms with Crippen LogP contribution in [0.3, 0.4) is 0 Å². The van der Waals surface area contributed by atoms with Gasteiger partial charge in [0.15, 0.2) is 11.8 Å². The molecule has 150 valence electrons. The molecule has 0 fully saturated rings. The highest BCUT2D eigenvalue weighted by atomic mass is 35.5. The molecule has 1 N–H and O–H groups in total. The van der Waals surface area contributed by atoms with Crippen molar-refractivity contribution in [3.05, 3.63) is 65.0 Å². The molecule has 29 heavy (non-hydrogen) atoms. The Morgan fingerprint density at radius 3 is 2.55 bits per heavy atom. The summed E-state index contributed by atoms with van der Waals surface area (Å²) in [5.74, 6) is -0.156. The van der Waals surface area contributed by atoms with Gasteiger partial charge in [-0.3, -0.25) is 4.79 Å². The van der Waals surface area contributed by atoms with Crippen LogP contribution < -0.4 is 10.1 Å². The summed E-state index contributed by atoms with van der Waals surface area (Å²) >= 11 is 6.05. The van der Waals surface area contributed by atoms with E-state index in [0.717, 1.165) is 5.56 Å². The zero-order valence-corrected chi connectivity index (χ0v) is 16.8. The van der Waals surface area contributed by atoms with Crippen LogP contribution in [0.15, 0.2) is 52.9 Å². The maximum Gasteiger partial charge on any atom is 0.361 e. The molecular formula is C21H19ClN2O5. The van der Waals surface area contributed by atoms with Crippen molar-refractivity contribution >= 4 is 29.2 Å². The minimum atomic E-state index is -1.06. The van der Waals surface area contributed by atoms with E-state index in [9.17, 15) is 9.59 Å². The Morgan fingerprint density at radius 2 is 1.90 bits per heavy atom. The second kappa shape index (κ2) is 8.79. The summed E-state index contributed by atoms with van der Waals surface area (Å²) in [5, 5.41) is 2.99. The number of aromatic nitrogens is 1. The number of oxazole rings is 1. The zero-order valence-electron chi connectivity index (χ0n) is 16.1. The van der Waals surface area contributed by atoms with Gasteiger partial charge in [0.05, 0.1) is 12.1 Å². The lowest BCUT2D eigenvalue weighted by atomic mass is 10.2. The van der Waals surface area contributed by atoms with E-state index in [1.54, 1.807) is 25.1 Å². The third-order valence-electron chi connectivity index (χ3n) is 4.08. The van der Waals surface area contributed by atoms with Crippen LogP contribution in [0.5, 0.6) is 5.75 Å². The van der Waals surface area contributed by atoms with E-state index < -0.39 is 18.0 Å². The van der Waals surface area contributed by atoms with Crippen LogP contribution in [-0.4, -0.2) is 30.1 Å². The number of hydrogen-bond acceptors (Lipinski definition) is 6. The molecule has 3 rings (SSSR count). The van der Waals surface area contributed by atoms with Crippen molar-refractivity contribution in [2.45, 2.75) is 20.0 Å². The third kappa shape index (κ3) is 4.75. The smallest absolute Gasteiger partial charge is 0.361 e. The van der Waals surface area contributed by atoms with Crippen LogP contribution in [-0.2, 0) is 9.53 Å². The fourth-order valence-electron chi connectivity index (χ4n) is 2.55. The van der Waals surface area contributed by atoms with Crippen LogP contribution in [0.25, 0.3) is 11.5 Å². The molecular weight excluding hydrogens is 396 g/mol. The van der Waals surface area contributed by atoms with Gasteiger partial charge >= 0.3 is 5.97 Å². The summed E-state index contributed by atoms with van der Waals surface area (Å²) in [4.78, 5) is 29.0. The van der Waals surface area contributed by atoms with Gasteiger partial charge in [-0.15, -0.1) is 0 Å². The number of methoxy groups -OCH3 is 1. The van der Waals surface area contributed by atoms with E-state index in [4.69, 9.17) is 25.5 Å². The number of ether oxygens (including phenoxy) is 2. The fraction of sp³-hybridized carbons (Fsp3) is 0.190. The van der Waals surface area contributed by atoms with Crippen LogP contribution in [0.4, 0.5) is 5.69 Å². The summed E-state index contributed by atoms with van der Waals surface area (Å²) < 4.78 is 15.9. The molecule has 3 aromatic rings. The number of nitrogens with one attached hydrogen (secondary N) is 1. The molecule has 0 bridgehead atoms. The Balaban J connectivity index is 1.66. The Bertz CT molecular complexity index is 1030. The number of carbonyl (C=O) groups is 2. The zero-order chi connectivity index (χ0) is 21.0. The first kappa shape index (κ1) is 20.4. The Kier molecular flexibility index (Phi) is 6.19. The number of hydrogen-bond donors (Lipinski definition) is 1. The lowest BCUT2D eigenvalue weighted by Gasteiger charge is -2.13. The number of amides is 1. The molecule has 7 nitrogen and oxygen atoms in total. The predicted molar refractivity (Wildman–Crippen MR) is 108 cm³/mol. The minimum absolute atomic E-state index is 0.0241. The van der Waals surface area contributed by atoms with Gasteiger partial charge in [-0.1, -0.05) is 29.8 Å². The van der Waals surface area contributed by atoms with E-state index >= 15 is 0 Å². The second-order valence-corrected chi connectivity index (χ2v) is 6.58. The molecule has 0 aliphatic rings. The Hall–Kier alpha value is -3.32. The number of carbonyl (C=O) groups excluding carboxylic acids is 2. The Morgan fingerprint density at radius 1 is 1.17 bits per heavy atom. The highest BCUT2D eigenvalue weighted by molar-refractivity contribution is 6.32. The van der Waals surface area contributed by atoms with E-state index in [1.807, 2.05) is 30.3 Å². The number of halogens is 1. The monoisotopic (exact) mass is 414 g/mol.